The van der Waals surface area contributed by atoms with E-state index in [2.05, 4.69) is 15.0 Å². The van der Waals surface area contributed by atoms with Crippen LogP contribution >= 0.6 is 0 Å². The summed E-state index contributed by atoms with van der Waals surface area (Å²) in [5, 5.41) is 22.6. The van der Waals surface area contributed by atoms with Gasteiger partial charge in [0.05, 0.1) is 42.1 Å². The Morgan fingerprint density at radius 2 is 1.33 bits per heavy atom. The highest BCUT2D eigenvalue weighted by Gasteiger charge is 2.30. The number of hydrogen-bond acceptors (Lipinski definition) is 10. The number of aromatic hydroxyl groups is 2. The van der Waals surface area contributed by atoms with Crippen molar-refractivity contribution in [2.24, 2.45) is 0 Å². The molecule has 8 rings (SSSR count). The number of nitrogens with zero attached hydrogens (tertiary/aromatic N) is 6. The second-order valence-electron chi connectivity index (χ2n) is 13.2. The number of aromatic nitrogens is 6. The highest BCUT2D eigenvalue weighted by molar-refractivity contribution is 5.88. The summed E-state index contributed by atoms with van der Waals surface area (Å²) in [5.41, 5.74) is 0.908. The van der Waals surface area contributed by atoms with Crippen LogP contribution in [0.25, 0.3) is 68.7 Å². The molecular weight excluding hydrogens is 778 g/mol. The molecule has 0 aliphatic carbocycles. The van der Waals surface area contributed by atoms with Crippen molar-refractivity contribution in [3.05, 3.63) is 165 Å². The molecule has 0 aliphatic rings. The molecule has 0 saturated carbocycles. The van der Waals surface area contributed by atoms with Crippen LogP contribution in [-0.2, 0) is 6.18 Å². The van der Waals surface area contributed by atoms with Crippen LogP contribution in [0.1, 0.15) is 28.3 Å². The van der Waals surface area contributed by atoms with E-state index in [0.29, 0.717) is 27.9 Å². The van der Waals surface area contributed by atoms with E-state index in [1.165, 1.54) is 66.2 Å². The average Bonchev–Trinajstić information content (AvgIpc) is 3.25. The molecule has 0 radical (unpaired) electrons. The summed E-state index contributed by atoms with van der Waals surface area (Å²) in [5.74, 6) is 0.207. The largest absolute Gasteiger partial charge is 0.504 e. The molecule has 15 heteroatoms. The van der Waals surface area contributed by atoms with Crippen LogP contribution in [0.5, 0.6) is 23.0 Å². The van der Waals surface area contributed by atoms with Crippen molar-refractivity contribution in [1.29, 1.82) is 0 Å². The van der Waals surface area contributed by atoms with Crippen LogP contribution in [0.4, 0.5) is 13.2 Å². The molecule has 298 valence electrons. The molecule has 0 atom stereocenters. The number of ether oxygens (including phenoxy) is 2. The van der Waals surface area contributed by atoms with Gasteiger partial charge in [0.2, 0.25) is 0 Å². The normalized spacial score (nSPS) is 11.9. The van der Waals surface area contributed by atoms with Crippen molar-refractivity contribution in [3.8, 4) is 45.5 Å². The van der Waals surface area contributed by atoms with E-state index >= 15 is 0 Å². The Labute approximate surface area is 338 Å². The van der Waals surface area contributed by atoms with Crippen molar-refractivity contribution >= 4 is 46.2 Å². The number of alkyl halides is 3. The summed E-state index contributed by atoms with van der Waals surface area (Å²) in [7, 11) is 2.79. The van der Waals surface area contributed by atoms with E-state index in [0.717, 1.165) is 12.1 Å². The summed E-state index contributed by atoms with van der Waals surface area (Å²) in [6, 6.07) is 26.0. The molecule has 8 aromatic rings. The molecule has 12 nitrogen and oxygen atoms in total. The number of para-hydroxylation sites is 2. The molecule has 0 spiro atoms. The maximum Gasteiger partial charge on any atom is 0.416 e. The Kier molecular flexibility index (Phi) is 10.1. The predicted octanol–water partition coefficient (Wildman–Crippen LogP) is 8.33. The minimum Gasteiger partial charge on any atom is -0.504 e. The first-order valence-corrected chi connectivity index (χ1v) is 18.1. The smallest absolute Gasteiger partial charge is 0.416 e. The van der Waals surface area contributed by atoms with E-state index in [1.807, 2.05) is 6.07 Å². The molecule has 60 heavy (non-hydrogen) atoms. The Hall–Kier alpha value is -8.07. The first kappa shape index (κ1) is 38.8. The lowest BCUT2D eigenvalue weighted by Crippen LogP contribution is -2.22. The molecule has 2 N–H and O–H groups in total. The molecular formula is C45H31F3N6O6. The van der Waals surface area contributed by atoms with Gasteiger partial charge in [-0.05, 0) is 90.5 Å². The van der Waals surface area contributed by atoms with Gasteiger partial charge in [0.25, 0.3) is 11.1 Å². The number of methoxy groups -OCH3 is 2. The number of phenolic OH excluding ortho intramolecular Hbond substituents is 2. The summed E-state index contributed by atoms with van der Waals surface area (Å²) in [6.07, 6.45) is 4.24. The highest BCUT2D eigenvalue weighted by atomic mass is 19.4. The van der Waals surface area contributed by atoms with Gasteiger partial charge in [-0.2, -0.15) is 13.2 Å². The third kappa shape index (κ3) is 7.19. The van der Waals surface area contributed by atoms with Crippen LogP contribution in [0.15, 0.2) is 125 Å². The van der Waals surface area contributed by atoms with Gasteiger partial charge < -0.3 is 19.7 Å². The minimum atomic E-state index is -4.59. The number of phenols is 2. The molecule has 0 aliphatic heterocycles. The zero-order valence-corrected chi connectivity index (χ0v) is 31.6. The third-order valence-electron chi connectivity index (χ3n) is 9.69. The van der Waals surface area contributed by atoms with Crippen molar-refractivity contribution in [3.63, 3.8) is 0 Å². The summed E-state index contributed by atoms with van der Waals surface area (Å²) in [4.78, 5) is 45.3. The molecule has 0 bridgehead atoms. The monoisotopic (exact) mass is 808 g/mol. The summed E-state index contributed by atoms with van der Waals surface area (Å²) < 4.78 is 53.8. The topological polar surface area (TPSA) is 154 Å². The molecule has 5 aromatic carbocycles. The summed E-state index contributed by atoms with van der Waals surface area (Å²) >= 11 is 0. The number of benzene rings is 5. The minimum absolute atomic E-state index is 0.0460. The van der Waals surface area contributed by atoms with Gasteiger partial charge in [-0.15, -0.1) is 0 Å². The lowest BCUT2D eigenvalue weighted by Gasteiger charge is -2.15. The van der Waals surface area contributed by atoms with E-state index < -0.39 is 17.3 Å². The number of halogens is 3. The fraction of sp³-hybridized carbons (Fsp3) is 0.0667. The molecule has 0 unspecified atom stereocenters. The van der Waals surface area contributed by atoms with E-state index in [1.54, 1.807) is 78.9 Å². The fourth-order valence-corrected chi connectivity index (χ4v) is 6.74. The Balaban J connectivity index is 1.22. The standard InChI is InChI=1S/C45H31F3N6O6/c1-59-36-10-6-7-26(39(36)55)13-21-37-51-35-23-28(12-20-33(35)43(57)54(37)31-17-15-29(16-18-31)45(46,47)48)32-19-11-27(40(56)41(32)60-2)14-22-38-52-42-34(24-49-25-50-42)44(58)53(38)30-8-4-3-5-9-30/h3-25,55-56H,1-2H3/b21-13+,22-14+. The van der Waals surface area contributed by atoms with Crippen molar-refractivity contribution < 1.29 is 32.9 Å². The Morgan fingerprint density at radius 1 is 0.667 bits per heavy atom. The number of hydrogen-bond donors (Lipinski definition) is 2. The second kappa shape index (κ2) is 15.7. The lowest BCUT2D eigenvalue weighted by molar-refractivity contribution is -0.137. The maximum atomic E-state index is 14.2. The van der Waals surface area contributed by atoms with Crippen molar-refractivity contribution in [2.45, 2.75) is 6.18 Å². The average molecular weight is 809 g/mol. The van der Waals surface area contributed by atoms with Gasteiger partial charge in [0, 0.05) is 22.9 Å². The van der Waals surface area contributed by atoms with Gasteiger partial charge in [0.15, 0.2) is 28.6 Å². The first-order valence-electron chi connectivity index (χ1n) is 18.1. The van der Waals surface area contributed by atoms with Crippen LogP contribution in [0, 0.1) is 0 Å². The van der Waals surface area contributed by atoms with Gasteiger partial charge in [0.1, 0.15) is 23.4 Å². The van der Waals surface area contributed by atoms with Gasteiger partial charge in [-0.1, -0.05) is 42.5 Å². The number of rotatable bonds is 9. The fourth-order valence-electron chi connectivity index (χ4n) is 6.74. The zero-order chi connectivity index (χ0) is 42.1. The highest BCUT2D eigenvalue weighted by Crippen LogP contribution is 2.41. The molecule has 0 saturated heterocycles. The Morgan fingerprint density at radius 3 is 2.02 bits per heavy atom. The van der Waals surface area contributed by atoms with Crippen molar-refractivity contribution in [2.75, 3.05) is 14.2 Å². The SMILES string of the molecule is COc1cccc(/C=C/c2nc3cc(-c4ccc(/C=C/c5nc6ncncc6c(=O)n5-c5ccccc5)c(O)c4OC)ccc3c(=O)n2-c2ccc(C(F)(F)F)cc2)c1O. The third-order valence-corrected chi connectivity index (χ3v) is 9.69. The second-order valence-corrected chi connectivity index (χ2v) is 13.2. The van der Waals surface area contributed by atoms with E-state index in [-0.39, 0.29) is 67.8 Å². The first-order chi connectivity index (χ1) is 29.0. The van der Waals surface area contributed by atoms with Crippen LogP contribution in [0.2, 0.25) is 0 Å². The quantitative estimate of drug-likeness (QED) is 0.146. The predicted molar refractivity (Wildman–Crippen MR) is 221 cm³/mol. The van der Waals surface area contributed by atoms with Crippen LogP contribution < -0.4 is 20.6 Å². The van der Waals surface area contributed by atoms with E-state index in [9.17, 15) is 33.0 Å². The maximum absolute atomic E-state index is 14.2. The molecule has 3 heterocycles. The number of fused-ring (bicyclic) bond motifs is 2. The molecule has 0 amide bonds. The van der Waals surface area contributed by atoms with Gasteiger partial charge in [-0.3, -0.25) is 18.7 Å². The zero-order valence-electron chi connectivity index (χ0n) is 31.6. The van der Waals surface area contributed by atoms with Crippen LogP contribution in [0.3, 0.4) is 0 Å². The van der Waals surface area contributed by atoms with Crippen LogP contribution in [-0.4, -0.2) is 53.5 Å². The van der Waals surface area contributed by atoms with Gasteiger partial charge in [-0.25, -0.2) is 19.9 Å². The summed E-state index contributed by atoms with van der Waals surface area (Å²) in [6.45, 7) is 0. The Bertz CT molecular complexity index is 3130. The lowest BCUT2D eigenvalue weighted by atomic mass is 10.00. The molecule has 3 aromatic heterocycles. The molecule has 0 fully saturated rings. The van der Waals surface area contributed by atoms with Crippen molar-refractivity contribution in [1.82, 2.24) is 29.1 Å². The van der Waals surface area contributed by atoms with Gasteiger partial charge >= 0.3 is 6.18 Å². The van der Waals surface area contributed by atoms with E-state index in [4.69, 9.17) is 14.5 Å².